The molecule has 2 unspecified atom stereocenters. The molecule has 0 radical (unpaired) electrons. The molecular weight excluding hydrogens is 198 g/mol. The van der Waals surface area contributed by atoms with Crippen molar-refractivity contribution >= 4 is 5.97 Å². The van der Waals surface area contributed by atoms with Crippen LogP contribution in [-0.2, 0) is 19.0 Å². The molecule has 0 rings (SSSR count). The van der Waals surface area contributed by atoms with Gasteiger partial charge in [0.15, 0.2) is 0 Å². The number of methoxy groups -OCH3 is 1. The largest absolute Gasteiger partial charge is 0.462 e. The predicted molar refractivity (Wildman–Crippen MR) is 53.1 cm³/mol. The number of carbonyl (C=O) groups is 1. The van der Waals surface area contributed by atoms with Crippen molar-refractivity contribution in [2.45, 2.75) is 32.5 Å². The lowest BCUT2D eigenvalue weighted by molar-refractivity contribution is -0.147. The van der Waals surface area contributed by atoms with E-state index < -0.39 is 5.97 Å². The Morgan fingerprint density at radius 2 is 2.00 bits per heavy atom. The van der Waals surface area contributed by atoms with Crippen LogP contribution < -0.4 is 0 Å². The van der Waals surface area contributed by atoms with E-state index in [-0.39, 0.29) is 25.2 Å². The first-order chi connectivity index (χ1) is 7.10. The van der Waals surface area contributed by atoms with Gasteiger partial charge < -0.3 is 14.2 Å². The van der Waals surface area contributed by atoms with Crippen molar-refractivity contribution in [3.8, 4) is 6.07 Å². The Balaban J connectivity index is 3.53. The molecule has 0 fully saturated rings. The van der Waals surface area contributed by atoms with Crippen LogP contribution in [0, 0.1) is 11.3 Å². The van der Waals surface area contributed by atoms with Crippen molar-refractivity contribution in [2.75, 3.05) is 20.3 Å². The van der Waals surface area contributed by atoms with Crippen molar-refractivity contribution in [1.82, 2.24) is 0 Å². The molecule has 0 N–H and O–H groups in total. The number of nitrogens with zero attached hydrogens (tertiary/aromatic N) is 1. The van der Waals surface area contributed by atoms with Gasteiger partial charge in [0.25, 0.3) is 0 Å². The van der Waals surface area contributed by atoms with Crippen LogP contribution in [0.3, 0.4) is 0 Å². The van der Waals surface area contributed by atoms with Crippen LogP contribution in [0.1, 0.15) is 20.3 Å². The van der Waals surface area contributed by atoms with Crippen molar-refractivity contribution in [1.29, 1.82) is 5.26 Å². The maximum Gasteiger partial charge on any atom is 0.320 e. The molecule has 15 heavy (non-hydrogen) atoms. The van der Waals surface area contributed by atoms with E-state index in [4.69, 9.17) is 19.5 Å². The highest BCUT2D eigenvalue weighted by Gasteiger charge is 2.08. The van der Waals surface area contributed by atoms with Gasteiger partial charge in [0.05, 0.1) is 24.9 Å². The molecule has 5 heteroatoms. The number of hydrogen-bond acceptors (Lipinski definition) is 5. The van der Waals surface area contributed by atoms with Gasteiger partial charge in [-0.05, 0) is 13.8 Å². The van der Waals surface area contributed by atoms with Gasteiger partial charge in [-0.3, -0.25) is 4.79 Å². The summed E-state index contributed by atoms with van der Waals surface area (Å²) in [6.07, 6.45) is -0.395. The Morgan fingerprint density at radius 1 is 1.33 bits per heavy atom. The van der Waals surface area contributed by atoms with Crippen molar-refractivity contribution in [2.24, 2.45) is 0 Å². The molecule has 0 saturated carbocycles. The van der Waals surface area contributed by atoms with Crippen LogP contribution in [0.15, 0.2) is 0 Å². The molecule has 0 aromatic carbocycles. The highest BCUT2D eigenvalue weighted by molar-refractivity contribution is 5.71. The van der Waals surface area contributed by atoms with E-state index in [2.05, 4.69) is 0 Å². The zero-order valence-corrected chi connectivity index (χ0v) is 9.36. The molecule has 0 aliphatic carbocycles. The van der Waals surface area contributed by atoms with Gasteiger partial charge in [0.2, 0.25) is 0 Å². The molecule has 0 bridgehead atoms. The van der Waals surface area contributed by atoms with Crippen LogP contribution in [0.5, 0.6) is 0 Å². The number of nitriles is 1. The van der Waals surface area contributed by atoms with E-state index in [1.165, 1.54) is 0 Å². The maximum atomic E-state index is 10.8. The second-order valence-electron chi connectivity index (χ2n) is 3.21. The lowest BCUT2D eigenvalue weighted by Gasteiger charge is -2.15. The molecule has 0 aromatic rings. The summed E-state index contributed by atoms with van der Waals surface area (Å²) in [5.41, 5.74) is 0. The fraction of sp³-hybridized carbons (Fsp3) is 0.800. The zero-order valence-electron chi connectivity index (χ0n) is 9.36. The summed E-state index contributed by atoms with van der Waals surface area (Å²) in [7, 11) is 1.60. The smallest absolute Gasteiger partial charge is 0.320 e. The quantitative estimate of drug-likeness (QED) is 0.590. The minimum absolute atomic E-state index is 0.0160. The average molecular weight is 215 g/mol. The van der Waals surface area contributed by atoms with Crippen LogP contribution in [0.4, 0.5) is 0 Å². The third-order valence-electron chi connectivity index (χ3n) is 1.72. The van der Waals surface area contributed by atoms with Gasteiger partial charge in [-0.1, -0.05) is 0 Å². The summed E-state index contributed by atoms with van der Waals surface area (Å²) in [4.78, 5) is 10.8. The number of hydrogen-bond donors (Lipinski definition) is 0. The fourth-order valence-electron chi connectivity index (χ4n) is 0.742. The molecule has 86 valence electrons. The Morgan fingerprint density at radius 3 is 2.53 bits per heavy atom. The monoisotopic (exact) mass is 215 g/mol. The Hall–Kier alpha value is -1.12. The van der Waals surface area contributed by atoms with E-state index in [1.807, 2.05) is 6.92 Å². The first-order valence-electron chi connectivity index (χ1n) is 4.77. The van der Waals surface area contributed by atoms with Gasteiger partial charge in [0.1, 0.15) is 13.0 Å². The van der Waals surface area contributed by atoms with Gasteiger partial charge >= 0.3 is 5.97 Å². The molecule has 0 saturated heterocycles. The Labute approximate surface area is 89.9 Å². The molecule has 0 aliphatic rings. The molecule has 0 amide bonds. The van der Waals surface area contributed by atoms with E-state index in [0.29, 0.717) is 6.61 Å². The zero-order chi connectivity index (χ0) is 11.7. The van der Waals surface area contributed by atoms with Gasteiger partial charge in [-0.2, -0.15) is 5.26 Å². The molecule has 0 aliphatic heterocycles. The third-order valence-corrected chi connectivity index (χ3v) is 1.72. The summed E-state index contributed by atoms with van der Waals surface area (Å²) in [6.45, 7) is 4.29. The van der Waals surface area contributed by atoms with Gasteiger partial charge in [-0.25, -0.2) is 0 Å². The van der Waals surface area contributed by atoms with E-state index in [0.717, 1.165) is 0 Å². The van der Waals surface area contributed by atoms with Crippen LogP contribution in [0.25, 0.3) is 0 Å². The summed E-state index contributed by atoms with van der Waals surface area (Å²) < 4.78 is 15.1. The van der Waals surface area contributed by atoms with Crippen LogP contribution in [-0.4, -0.2) is 38.5 Å². The number of esters is 1. The normalized spacial score (nSPS) is 14.0. The van der Waals surface area contributed by atoms with Gasteiger partial charge in [-0.15, -0.1) is 0 Å². The predicted octanol–water partition coefficient (Wildman–Crippen LogP) is 0.883. The summed E-state index contributed by atoms with van der Waals surface area (Å²) in [5, 5.41) is 8.21. The SMILES string of the molecule is COC(C)COC(C)COC(=O)CC#N. The van der Waals surface area contributed by atoms with E-state index in [1.54, 1.807) is 20.1 Å². The molecule has 2 atom stereocenters. The van der Waals surface area contributed by atoms with Crippen molar-refractivity contribution in [3.05, 3.63) is 0 Å². The van der Waals surface area contributed by atoms with Crippen LogP contribution >= 0.6 is 0 Å². The summed E-state index contributed by atoms with van der Waals surface area (Å²) in [5.74, 6) is -0.521. The van der Waals surface area contributed by atoms with E-state index in [9.17, 15) is 4.79 Å². The molecule has 0 heterocycles. The lowest BCUT2D eigenvalue weighted by Crippen LogP contribution is -2.23. The summed E-state index contributed by atoms with van der Waals surface area (Å²) >= 11 is 0. The minimum atomic E-state index is -0.521. The fourth-order valence-corrected chi connectivity index (χ4v) is 0.742. The second-order valence-corrected chi connectivity index (χ2v) is 3.21. The highest BCUT2D eigenvalue weighted by Crippen LogP contribution is 1.97. The highest BCUT2D eigenvalue weighted by atomic mass is 16.6. The molecule has 0 aromatic heterocycles. The standard InChI is InChI=1S/C10H17NO4/c1-8(13-3)6-14-9(2)7-15-10(12)4-5-11/h8-9H,4,6-7H2,1-3H3. The second kappa shape index (κ2) is 8.21. The Kier molecular flexibility index (Phi) is 7.60. The van der Waals surface area contributed by atoms with Crippen molar-refractivity contribution < 1.29 is 19.0 Å². The molecular formula is C10H17NO4. The Bertz CT molecular complexity index is 224. The average Bonchev–Trinajstić information content (AvgIpc) is 2.23. The van der Waals surface area contributed by atoms with Crippen LogP contribution in [0.2, 0.25) is 0 Å². The third kappa shape index (κ3) is 7.91. The summed E-state index contributed by atoms with van der Waals surface area (Å²) in [6, 6.07) is 1.72. The molecule has 0 spiro atoms. The molecule has 5 nitrogen and oxygen atoms in total. The first kappa shape index (κ1) is 13.9. The lowest BCUT2D eigenvalue weighted by atomic mass is 10.4. The maximum absolute atomic E-state index is 10.8. The first-order valence-corrected chi connectivity index (χ1v) is 4.77. The van der Waals surface area contributed by atoms with Crippen molar-refractivity contribution in [3.63, 3.8) is 0 Å². The van der Waals surface area contributed by atoms with Gasteiger partial charge in [0, 0.05) is 7.11 Å². The van der Waals surface area contributed by atoms with E-state index >= 15 is 0 Å². The number of carbonyl (C=O) groups excluding carboxylic acids is 1. The number of ether oxygens (including phenoxy) is 3. The number of rotatable bonds is 7. The minimum Gasteiger partial charge on any atom is -0.462 e. The topological polar surface area (TPSA) is 68.6 Å².